The summed E-state index contributed by atoms with van der Waals surface area (Å²) in [7, 11) is 0. The van der Waals surface area contributed by atoms with Gasteiger partial charge in [0.2, 0.25) is 0 Å². The van der Waals surface area contributed by atoms with Crippen LogP contribution < -0.4 is 0 Å². The van der Waals surface area contributed by atoms with Crippen LogP contribution in [-0.4, -0.2) is 50.1 Å². The van der Waals surface area contributed by atoms with E-state index in [0.717, 1.165) is 24.8 Å². The molecule has 5 nitrogen and oxygen atoms in total. The van der Waals surface area contributed by atoms with Crippen molar-refractivity contribution in [2.45, 2.75) is 83.2 Å². The van der Waals surface area contributed by atoms with Crippen molar-refractivity contribution in [3.05, 3.63) is 11.6 Å². The number of carbonyl (C=O) groups is 1. The maximum atomic E-state index is 12.3. The van der Waals surface area contributed by atoms with Gasteiger partial charge in [0.05, 0.1) is 12.2 Å². The van der Waals surface area contributed by atoms with Crippen LogP contribution in [-0.2, 0) is 4.79 Å². The summed E-state index contributed by atoms with van der Waals surface area (Å²) in [6.07, 6.45) is 3.49. The van der Waals surface area contributed by atoms with E-state index in [1.54, 1.807) is 6.08 Å². The highest BCUT2D eigenvalue weighted by Crippen LogP contribution is 2.67. The minimum atomic E-state index is -1.33. The van der Waals surface area contributed by atoms with E-state index < -0.39 is 29.3 Å². The molecule has 4 N–H and O–H groups in total. The Morgan fingerprint density at radius 1 is 1.04 bits per heavy atom. The molecule has 0 aromatic carbocycles. The first kappa shape index (κ1) is 18.6. The Morgan fingerprint density at radius 3 is 2.35 bits per heavy atom. The Morgan fingerprint density at radius 2 is 1.69 bits per heavy atom. The Balaban J connectivity index is 1.77. The topological polar surface area (TPSA) is 98.0 Å². The molecule has 3 fully saturated rings. The molecule has 0 spiro atoms. The smallest absolute Gasteiger partial charge is 0.161 e. The third-order valence-electron chi connectivity index (χ3n) is 8.91. The van der Waals surface area contributed by atoms with E-state index in [2.05, 4.69) is 6.92 Å². The van der Waals surface area contributed by atoms with E-state index in [-0.39, 0.29) is 29.0 Å². The van der Waals surface area contributed by atoms with Gasteiger partial charge in [0, 0.05) is 5.41 Å². The molecule has 0 radical (unpaired) electrons. The summed E-state index contributed by atoms with van der Waals surface area (Å²) in [6.45, 7) is 5.63. The van der Waals surface area contributed by atoms with Gasteiger partial charge in [0.25, 0.3) is 0 Å². The average molecular weight is 364 g/mol. The molecule has 146 valence electrons. The molecule has 0 heterocycles. The summed E-state index contributed by atoms with van der Waals surface area (Å²) in [5, 5.41) is 43.1. The molecule has 0 aromatic heterocycles. The molecule has 9 atom stereocenters. The van der Waals surface area contributed by atoms with Crippen LogP contribution in [0, 0.1) is 28.6 Å². The van der Waals surface area contributed by atoms with Gasteiger partial charge in [-0.15, -0.1) is 0 Å². The summed E-state index contributed by atoms with van der Waals surface area (Å²) >= 11 is 0. The molecule has 5 heteroatoms. The Bertz CT molecular complexity index is 659. The standard InChI is InChI=1S/C21H32O5/c1-11(22)21(26)9-6-14-16-13(5-8-20(14,21)3)19(2)7-4-12(23)10-15(19)17(24)18(16)25/h10,12-14,16-18,23-26H,4-9H2,1-3H3/t12-,13-,14-,16+,17+,18-,19+,20-,21-/m0/s1. The highest BCUT2D eigenvalue weighted by atomic mass is 16.3. The van der Waals surface area contributed by atoms with E-state index in [1.165, 1.54) is 6.92 Å². The van der Waals surface area contributed by atoms with Gasteiger partial charge in [-0.2, -0.15) is 0 Å². The molecular weight excluding hydrogens is 332 g/mol. The lowest BCUT2D eigenvalue weighted by Gasteiger charge is -2.61. The number of carbonyl (C=O) groups excluding carboxylic acids is 1. The van der Waals surface area contributed by atoms with E-state index >= 15 is 0 Å². The van der Waals surface area contributed by atoms with Crippen LogP contribution in [0.1, 0.15) is 59.3 Å². The average Bonchev–Trinajstić information content (AvgIpc) is 2.87. The molecule has 26 heavy (non-hydrogen) atoms. The molecule has 4 rings (SSSR count). The van der Waals surface area contributed by atoms with Gasteiger partial charge in [-0.25, -0.2) is 0 Å². The Labute approximate surface area is 155 Å². The van der Waals surface area contributed by atoms with Crippen LogP contribution in [0.5, 0.6) is 0 Å². The number of aliphatic hydroxyl groups is 4. The summed E-state index contributed by atoms with van der Waals surface area (Å²) < 4.78 is 0. The van der Waals surface area contributed by atoms with E-state index in [9.17, 15) is 25.2 Å². The summed E-state index contributed by atoms with van der Waals surface area (Å²) in [5.74, 6) is -0.0917. The molecule has 4 aliphatic rings. The molecule has 4 aliphatic carbocycles. The monoisotopic (exact) mass is 364 g/mol. The van der Waals surface area contributed by atoms with Gasteiger partial charge in [-0.05, 0) is 74.2 Å². The Kier molecular flexibility index (Phi) is 4.03. The molecular formula is C21H32O5. The van der Waals surface area contributed by atoms with Gasteiger partial charge < -0.3 is 20.4 Å². The zero-order valence-corrected chi connectivity index (χ0v) is 16.0. The molecule has 0 bridgehead atoms. The van der Waals surface area contributed by atoms with Gasteiger partial charge in [0.1, 0.15) is 11.7 Å². The first-order valence-electron chi connectivity index (χ1n) is 10.1. The fourth-order valence-corrected chi connectivity index (χ4v) is 7.31. The third-order valence-corrected chi connectivity index (χ3v) is 8.91. The first-order chi connectivity index (χ1) is 12.1. The number of fused-ring (bicyclic) bond motifs is 5. The summed E-state index contributed by atoms with van der Waals surface area (Å²) in [5.41, 5.74) is -1.33. The first-order valence-corrected chi connectivity index (χ1v) is 10.1. The van der Waals surface area contributed by atoms with Gasteiger partial charge >= 0.3 is 0 Å². The lowest BCUT2D eigenvalue weighted by atomic mass is 9.45. The second kappa shape index (κ2) is 5.63. The largest absolute Gasteiger partial charge is 0.390 e. The van der Waals surface area contributed by atoms with Crippen LogP contribution in [0.4, 0.5) is 0 Å². The predicted molar refractivity (Wildman–Crippen MR) is 96.1 cm³/mol. The minimum absolute atomic E-state index is 0.0185. The van der Waals surface area contributed by atoms with Gasteiger partial charge in [-0.3, -0.25) is 4.79 Å². The number of hydrogen-bond donors (Lipinski definition) is 4. The fourth-order valence-electron chi connectivity index (χ4n) is 7.31. The Hall–Kier alpha value is -0.750. The van der Waals surface area contributed by atoms with Crippen molar-refractivity contribution in [1.82, 2.24) is 0 Å². The van der Waals surface area contributed by atoms with Crippen molar-refractivity contribution in [1.29, 1.82) is 0 Å². The number of ketones is 1. The SMILES string of the molecule is CC(=O)[C@@]1(O)CC[C@H]2[C@@H]3[C@H](O)[C@H](O)C4=C[C@@H](O)CC[C@]4(C)[C@H]3CC[C@@]21C. The molecule has 3 saturated carbocycles. The molecule has 0 amide bonds. The van der Waals surface area contributed by atoms with E-state index in [1.807, 2.05) is 6.92 Å². The number of aliphatic hydroxyl groups excluding tert-OH is 3. The van der Waals surface area contributed by atoms with E-state index in [4.69, 9.17) is 0 Å². The quantitative estimate of drug-likeness (QED) is 0.530. The van der Waals surface area contributed by atoms with Crippen molar-refractivity contribution in [3.63, 3.8) is 0 Å². The second-order valence-electron chi connectivity index (χ2n) is 9.78. The van der Waals surface area contributed by atoms with E-state index in [0.29, 0.717) is 19.3 Å². The predicted octanol–water partition coefficient (Wildman–Crippen LogP) is 1.57. The molecule has 0 aromatic rings. The van der Waals surface area contributed by atoms with Crippen LogP contribution in [0.25, 0.3) is 0 Å². The molecule has 0 aliphatic heterocycles. The molecule has 0 saturated heterocycles. The highest BCUT2D eigenvalue weighted by molar-refractivity contribution is 5.86. The number of Topliss-reactive ketones (excluding diaryl/α,β-unsaturated/α-hetero) is 1. The summed E-state index contributed by atoms with van der Waals surface area (Å²) in [4.78, 5) is 12.3. The van der Waals surface area contributed by atoms with Crippen molar-refractivity contribution < 1.29 is 25.2 Å². The van der Waals surface area contributed by atoms with Crippen LogP contribution >= 0.6 is 0 Å². The maximum absolute atomic E-state index is 12.3. The van der Waals surface area contributed by atoms with Crippen molar-refractivity contribution in [3.8, 4) is 0 Å². The van der Waals surface area contributed by atoms with Crippen LogP contribution in [0.3, 0.4) is 0 Å². The van der Waals surface area contributed by atoms with Crippen molar-refractivity contribution in [2.75, 3.05) is 0 Å². The molecule has 0 unspecified atom stereocenters. The van der Waals surface area contributed by atoms with Gasteiger partial charge in [0.15, 0.2) is 5.78 Å². The fraction of sp³-hybridized carbons (Fsp3) is 0.857. The number of rotatable bonds is 1. The zero-order valence-electron chi connectivity index (χ0n) is 16.0. The van der Waals surface area contributed by atoms with Crippen molar-refractivity contribution >= 4 is 5.78 Å². The van der Waals surface area contributed by atoms with Crippen LogP contribution in [0.15, 0.2) is 11.6 Å². The third kappa shape index (κ3) is 2.09. The zero-order chi connectivity index (χ0) is 19.1. The van der Waals surface area contributed by atoms with Gasteiger partial charge in [-0.1, -0.05) is 19.9 Å². The highest BCUT2D eigenvalue weighted by Gasteiger charge is 2.68. The van der Waals surface area contributed by atoms with Crippen LogP contribution in [0.2, 0.25) is 0 Å². The normalized spacial score (nSPS) is 56.2. The lowest BCUT2D eigenvalue weighted by molar-refractivity contribution is -0.180. The lowest BCUT2D eigenvalue weighted by Crippen LogP contribution is -2.63. The number of hydrogen-bond acceptors (Lipinski definition) is 5. The minimum Gasteiger partial charge on any atom is -0.390 e. The second-order valence-corrected chi connectivity index (χ2v) is 9.78. The summed E-state index contributed by atoms with van der Waals surface area (Å²) in [6, 6.07) is 0. The van der Waals surface area contributed by atoms with Crippen molar-refractivity contribution in [2.24, 2.45) is 28.6 Å². The maximum Gasteiger partial charge on any atom is 0.161 e.